The number of hydrogen-bond acceptors (Lipinski definition) is 6. The lowest BCUT2D eigenvalue weighted by Crippen LogP contribution is -2.30. The number of carbonyl (C=O) groups is 3. The molecule has 0 fully saturated rings. The van der Waals surface area contributed by atoms with Gasteiger partial charge >= 0.3 is 17.9 Å². The molecule has 80 heavy (non-hydrogen) atoms. The lowest BCUT2D eigenvalue weighted by Gasteiger charge is -2.18. The highest BCUT2D eigenvalue weighted by molar-refractivity contribution is 5.71. The van der Waals surface area contributed by atoms with Gasteiger partial charge in [-0.25, -0.2) is 0 Å². The van der Waals surface area contributed by atoms with E-state index in [1.807, 2.05) is 0 Å². The maximum atomic E-state index is 12.9. The van der Waals surface area contributed by atoms with Gasteiger partial charge in [-0.05, 0) is 51.4 Å². The Morgan fingerprint density at radius 3 is 0.713 bits per heavy atom. The Kier molecular flexibility index (Phi) is 67.6. The molecule has 0 aromatic rings. The Hall–Kier alpha value is -2.11. The third-order valence-corrected chi connectivity index (χ3v) is 16.7. The lowest BCUT2D eigenvalue weighted by atomic mass is 10.0. The summed E-state index contributed by atoms with van der Waals surface area (Å²) in [6.07, 6.45) is 85.1. The summed E-state index contributed by atoms with van der Waals surface area (Å²) in [4.78, 5) is 38.4. The maximum absolute atomic E-state index is 12.9. The number of ether oxygens (including phenoxy) is 3. The van der Waals surface area contributed by atoms with Crippen molar-refractivity contribution in [2.45, 2.75) is 419 Å². The summed E-state index contributed by atoms with van der Waals surface area (Å²) < 4.78 is 17.0. The molecule has 0 aromatic heterocycles. The standard InChI is InChI=1S/C74H140O6/c1-4-7-10-13-16-19-22-25-28-30-32-33-34-35-36-37-38-39-40-41-42-44-46-49-52-55-58-61-64-67-73(76)79-70-71(69-78-72(75)66-63-60-57-54-51-48-45-27-24-21-18-15-12-9-6-3)80-74(77)68-65-62-59-56-53-50-47-43-31-29-26-23-20-17-14-11-8-5-2/h18,21,27,45,71H,4-17,19-20,22-26,28-44,46-70H2,1-3H3/b21-18-,45-27-. The average molecular weight is 1130 g/mol. The van der Waals surface area contributed by atoms with Gasteiger partial charge in [-0.15, -0.1) is 0 Å². The van der Waals surface area contributed by atoms with Crippen molar-refractivity contribution >= 4 is 17.9 Å². The predicted octanol–water partition coefficient (Wildman–Crippen LogP) is 25.0. The Balaban J connectivity index is 4.18. The van der Waals surface area contributed by atoms with Crippen molar-refractivity contribution in [3.05, 3.63) is 24.3 Å². The summed E-state index contributed by atoms with van der Waals surface area (Å²) in [6.45, 7) is 6.69. The largest absolute Gasteiger partial charge is 0.462 e. The number of hydrogen-bond donors (Lipinski definition) is 0. The topological polar surface area (TPSA) is 78.9 Å². The summed E-state index contributed by atoms with van der Waals surface area (Å²) in [5.74, 6) is -0.850. The van der Waals surface area contributed by atoms with Crippen LogP contribution in [0.1, 0.15) is 412 Å². The Morgan fingerprint density at radius 2 is 0.450 bits per heavy atom. The van der Waals surface area contributed by atoms with Gasteiger partial charge in [-0.2, -0.15) is 0 Å². The lowest BCUT2D eigenvalue weighted by molar-refractivity contribution is -0.167. The number of carbonyl (C=O) groups excluding carboxylic acids is 3. The van der Waals surface area contributed by atoms with Crippen LogP contribution in [-0.4, -0.2) is 37.2 Å². The smallest absolute Gasteiger partial charge is 0.306 e. The van der Waals surface area contributed by atoms with Gasteiger partial charge in [0, 0.05) is 19.3 Å². The quantitative estimate of drug-likeness (QED) is 0.0261. The molecule has 0 aliphatic rings. The van der Waals surface area contributed by atoms with Crippen molar-refractivity contribution in [3.8, 4) is 0 Å². The maximum Gasteiger partial charge on any atom is 0.306 e. The van der Waals surface area contributed by atoms with Gasteiger partial charge in [0.15, 0.2) is 6.10 Å². The highest BCUT2D eigenvalue weighted by Gasteiger charge is 2.19. The minimum atomic E-state index is -0.774. The average Bonchev–Trinajstić information content (AvgIpc) is 3.46. The molecule has 0 aliphatic carbocycles. The van der Waals surface area contributed by atoms with Crippen LogP contribution >= 0.6 is 0 Å². The minimum Gasteiger partial charge on any atom is -0.462 e. The monoisotopic (exact) mass is 1130 g/mol. The van der Waals surface area contributed by atoms with Crippen molar-refractivity contribution < 1.29 is 28.6 Å². The Morgan fingerprint density at radius 1 is 0.250 bits per heavy atom. The molecule has 0 radical (unpaired) electrons. The summed E-state index contributed by atoms with van der Waals surface area (Å²) in [7, 11) is 0. The fourth-order valence-corrected chi connectivity index (χ4v) is 11.2. The molecule has 0 bridgehead atoms. The minimum absolute atomic E-state index is 0.0692. The number of unbranched alkanes of at least 4 members (excludes halogenated alkanes) is 53. The molecule has 0 saturated carbocycles. The van der Waals surface area contributed by atoms with E-state index >= 15 is 0 Å². The van der Waals surface area contributed by atoms with E-state index in [1.165, 1.54) is 295 Å². The van der Waals surface area contributed by atoms with Crippen LogP contribution in [0.25, 0.3) is 0 Å². The van der Waals surface area contributed by atoms with Crippen LogP contribution < -0.4 is 0 Å². The predicted molar refractivity (Wildman–Crippen MR) is 349 cm³/mol. The van der Waals surface area contributed by atoms with Crippen molar-refractivity contribution in [1.29, 1.82) is 0 Å². The second-order valence-corrected chi connectivity index (χ2v) is 24.9. The highest BCUT2D eigenvalue weighted by atomic mass is 16.6. The van der Waals surface area contributed by atoms with E-state index in [9.17, 15) is 14.4 Å². The molecule has 472 valence electrons. The van der Waals surface area contributed by atoms with Crippen LogP contribution in [-0.2, 0) is 28.6 Å². The van der Waals surface area contributed by atoms with Crippen molar-refractivity contribution in [3.63, 3.8) is 0 Å². The van der Waals surface area contributed by atoms with Gasteiger partial charge in [0.05, 0.1) is 0 Å². The number of allylic oxidation sites excluding steroid dienone is 4. The first-order chi connectivity index (χ1) is 39.5. The zero-order chi connectivity index (χ0) is 57.8. The molecule has 0 N–H and O–H groups in total. The normalized spacial score (nSPS) is 12.1. The van der Waals surface area contributed by atoms with Crippen LogP contribution in [0, 0.1) is 0 Å². The second kappa shape index (κ2) is 69.4. The molecular formula is C74H140O6. The molecule has 1 unspecified atom stereocenters. The second-order valence-electron chi connectivity index (χ2n) is 24.9. The first-order valence-corrected chi connectivity index (χ1v) is 36.3. The van der Waals surface area contributed by atoms with E-state index in [0.717, 1.165) is 77.0 Å². The Labute approximate surface area is 500 Å². The van der Waals surface area contributed by atoms with Crippen LogP contribution in [0.15, 0.2) is 24.3 Å². The van der Waals surface area contributed by atoms with Gasteiger partial charge in [0.2, 0.25) is 0 Å². The van der Waals surface area contributed by atoms with Crippen molar-refractivity contribution in [1.82, 2.24) is 0 Å². The van der Waals surface area contributed by atoms with Gasteiger partial charge in [-0.3, -0.25) is 14.4 Å². The Bertz CT molecular complexity index is 1290. The van der Waals surface area contributed by atoms with Crippen LogP contribution in [0.3, 0.4) is 0 Å². The fraction of sp³-hybridized carbons (Fsp3) is 0.905. The molecule has 0 saturated heterocycles. The van der Waals surface area contributed by atoms with Gasteiger partial charge in [0.1, 0.15) is 13.2 Å². The molecule has 0 heterocycles. The first kappa shape index (κ1) is 77.9. The van der Waals surface area contributed by atoms with Gasteiger partial charge in [-0.1, -0.05) is 366 Å². The molecule has 0 aliphatic heterocycles. The number of esters is 3. The summed E-state index contributed by atoms with van der Waals surface area (Å²) in [5, 5.41) is 0. The van der Waals surface area contributed by atoms with Gasteiger partial charge < -0.3 is 14.2 Å². The molecule has 0 spiro atoms. The molecular weight excluding hydrogens is 985 g/mol. The van der Waals surface area contributed by atoms with E-state index in [0.29, 0.717) is 19.3 Å². The molecule has 6 heteroatoms. The van der Waals surface area contributed by atoms with Crippen molar-refractivity contribution in [2.75, 3.05) is 13.2 Å². The molecule has 0 rings (SSSR count). The van der Waals surface area contributed by atoms with E-state index in [-0.39, 0.29) is 31.1 Å². The van der Waals surface area contributed by atoms with E-state index in [2.05, 4.69) is 45.1 Å². The summed E-state index contributed by atoms with van der Waals surface area (Å²) >= 11 is 0. The summed E-state index contributed by atoms with van der Waals surface area (Å²) in [6, 6.07) is 0. The van der Waals surface area contributed by atoms with Gasteiger partial charge in [0.25, 0.3) is 0 Å². The molecule has 0 aromatic carbocycles. The van der Waals surface area contributed by atoms with Crippen LogP contribution in [0.5, 0.6) is 0 Å². The highest BCUT2D eigenvalue weighted by Crippen LogP contribution is 2.19. The van der Waals surface area contributed by atoms with Crippen molar-refractivity contribution in [2.24, 2.45) is 0 Å². The third kappa shape index (κ3) is 66.7. The number of rotatable bonds is 68. The van der Waals surface area contributed by atoms with Crippen LogP contribution in [0.2, 0.25) is 0 Å². The molecule has 0 amide bonds. The molecule has 6 nitrogen and oxygen atoms in total. The molecule has 1 atom stereocenters. The fourth-order valence-electron chi connectivity index (χ4n) is 11.2. The third-order valence-electron chi connectivity index (χ3n) is 16.7. The van der Waals surface area contributed by atoms with Crippen LogP contribution in [0.4, 0.5) is 0 Å². The zero-order valence-corrected chi connectivity index (χ0v) is 54.4. The first-order valence-electron chi connectivity index (χ1n) is 36.3. The van der Waals surface area contributed by atoms with E-state index in [4.69, 9.17) is 14.2 Å². The SMILES string of the molecule is CCCCC/C=C\C/C=C\CCCCCCCC(=O)OCC(COC(=O)CCCCCCCCCCCCCCCCCCCCCCCCCCCCCCC)OC(=O)CCCCCCCCCCCCCCCCCCCC. The summed E-state index contributed by atoms with van der Waals surface area (Å²) in [5.41, 5.74) is 0. The zero-order valence-electron chi connectivity index (χ0n) is 54.4. The van der Waals surface area contributed by atoms with E-state index in [1.54, 1.807) is 0 Å². The van der Waals surface area contributed by atoms with E-state index < -0.39 is 6.10 Å².